The average molecular weight is 603 g/mol. The smallest absolute Gasteiger partial charge is 0.475 e. The number of rotatable bonds is 9. The maximum absolute atomic E-state index is 14.6. The largest absolute Gasteiger partial charge is 0.490 e. The molecule has 3 rings (SSSR count). The van der Waals surface area contributed by atoms with Crippen LogP contribution in [-0.4, -0.2) is 99.0 Å². The Kier molecular flexibility index (Phi) is 12.8. The first-order chi connectivity index (χ1) is 19.8. The van der Waals surface area contributed by atoms with Gasteiger partial charge in [-0.3, -0.25) is 14.4 Å². The number of carboxylic acids is 1. The molecule has 13 nitrogen and oxygen atoms in total. The standard InChI is InChI=1S/C23H33FN8O3.C2HF3O2/c1-3-30(4-2)11-9-26-21(33)19-8-7-16(12-20(19)24)27-22(34)23(35)31-10-5-6-18(15-31)32-14-17(13-25)28-29-32;3-2(4,5)1(6)7/h7-8,12,14,18H,3-6,9-11,13,15,25H2,1-2H3,(H,26,33)(H,27,34);(H,6,7). The summed E-state index contributed by atoms with van der Waals surface area (Å²) in [4.78, 5) is 50.0. The molecule has 0 saturated carbocycles. The molecule has 1 aromatic carbocycles. The maximum Gasteiger partial charge on any atom is 0.490 e. The third-order valence-electron chi connectivity index (χ3n) is 6.34. The van der Waals surface area contributed by atoms with Crippen molar-refractivity contribution in [2.24, 2.45) is 5.73 Å². The molecule has 2 aromatic rings. The van der Waals surface area contributed by atoms with Crippen LogP contribution in [0, 0.1) is 5.82 Å². The predicted molar refractivity (Wildman–Crippen MR) is 142 cm³/mol. The first-order valence-corrected chi connectivity index (χ1v) is 13.1. The van der Waals surface area contributed by atoms with Crippen molar-refractivity contribution >= 4 is 29.4 Å². The molecule has 1 atom stereocenters. The predicted octanol–water partition coefficient (Wildman–Crippen LogP) is 1.38. The second-order valence-electron chi connectivity index (χ2n) is 9.18. The van der Waals surface area contributed by atoms with E-state index in [1.807, 2.05) is 13.8 Å². The number of anilines is 1. The monoisotopic (exact) mass is 602 g/mol. The summed E-state index contributed by atoms with van der Waals surface area (Å²) in [5.74, 6) is -5.66. The van der Waals surface area contributed by atoms with Gasteiger partial charge in [0.15, 0.2) is 0 Å². The van der Waals surface area contributed by atoms with E-state index in [0.29, 0.717) is 38.3 Å². The van der Waals surface area contributed by atoms with Crippen molar-refractivity contribution in [1.29, 1.82) is 0 Å². The number of nitrogens with zero attached hydrogens (tertiary/aromatic N) is 5. The van der Waals surface area contributed by atoms with Crippen molar-refractivity contribution in [2.45, 2.75) is 45.5 Å². The van der Waals surface area contributed by atoms with Crippen LogP contribution >= 0.6 is 0 Å². The number of nitrogens with two attached hydrogens (primary N) is 1. The fraction of sp³-hybridized carbons (Fsp3) is 0.520. The molecule has 3 amide bonds. The summed E-state index contributed by atoms with van der Waals surface area (Å²) >= 11 is 0. The summed E-state index contributed by atoms with van der Waals surface area (Å²) in [6.07, 6.45) is -1.85. The third kappa shape index (κ3) is 10.1. The second-order valence-corrected chi connectivity index (χ2v) is 9.18. The molecule has 0 bridgehead atoms. The number of carbonyl (C=O) groups is 4. The van der Waals surface area contributed by atoms with E-state index in [1.165, 1.54) is 17.0 Å². The first-order valence-electron chi connectivity index (χ1n) is 13.1. The molecule has 17 heteroatoms. The molecule has 1 aliphatic heterocycles. The van der Waals surface area contributed by atoms with Gasteiger partial charge in [0.1, 0.15) is 5.82 Å². The summed E-state index contributed by atoms with van der Waals surface area (Å²) in [6, 6.07) is 3.62. The summed E-state index contributed by atoms with van der Waals surface area (Å²) < 4.78 is 48.0. The van der Waals surface area contributed by atoms with E-state index in [2.05, 4.69) is 25.8 Å². The SMILES string of the molecule is CCN(CC)CCNC(=O)c1ccc(NC(=O)C(=O)N2CCCC(n3cc(CN)nn3)C2)cc1F.O=C(O)C(F)(F)F. The molecule has 1 aromatic heterocycles. The van der Waals surface area contributed by atoms with Gasteiger partial charge in [0, 0.05) is 38.4 Å². The van der Waals surface area contributed by atoms with Gasteiger partial charge >= 0.3 is 24.0 Å². The Morgan fingerprint density at radius 3 is 2.40 bits per heavy atom. The van der Waals surface area contributed by atoms with Crippen molar-refractivity contribution in [2.75, 3.05) is 44.6 Å². The Labute approximate surface area is 239 Å². The Hall–Kier alpha value is -4.12. The van der Waals surface area contributed by atoms with Crippen LogP contribution in [0.15, 0.2) is 24.4 Å². The quantitative estimate of drug-likeness (QED) is 0.244. The minimum atomic E-state index is -5.08. The van der Waals surface area contributed by atoms with E-state index in [4.69, 9.17) is 15.6 Å². The van der Waals surface area contributed by atoms with Crippen LogP contribution in [0.1, 0.15) is 48.8 Å². The molecule has 1 aliphatic rings. The molecule has 1 saturated heterocycles. The number of likely N-dealkylation sites (tertiary alicyclic amines) is 1. The first kappa shape index (κ1) is 34.1. The highest BCUT2D eigenvalue weighted by atomic mass is 19.4. The van der Waals surface area contributed by atoms with Crippen LogP contribution in [0.5, 0.6) is 0 Å². The van der Waals surface area contributed by atoms with Gasteiger partial charge in [-0.05, 0) is 44.1 Å². The number of aromatic nitrogens is 3. The van der Waals surface area contributed by atoms with Crippen molar-refractivity contribution in [1.82, 2.24) is 30.1 Å². The summed E-state index contributed by atoms with van der Waals surface area (Å²) in [7, 11) is 0. The number of benzene rings is 1. The lowest BCUT2D eigenvalue weighted by Crippen LogP contribution is -2.45. The number of piperidine rings is 1. The topological polar surface area (TPSA) is 176 Å². The van der Waals surface area contributed by atoms with Crippen molar-refractivity contribution < 1.29 is 41.8 Å². The van der Waals surface area contributed by atoms with Crippen molar-refractivity contribution in [3.63, 3.8) is 0 Å². The lowest BCUT2D eigenvalue weighted by Gasteiger charge is -2.32. The molecule has 5 N–H and O–H groups in total. The summed E-state index contributed by atoms with van der Waals surface area (Å²) in [5, 5.41) is 20.3. The molecule has 232 valence electrons. The average Bonchev–Trinajstić information content (AvgIpc) is 3.44. The number of amides is 3. The highest BCUT2D eigenvalue weighted by Gasteiger charge is 2.38. The minimum absolute atomic E-state index is 0.0953. The fourth-order valence-corrected chi connectivity index (χ4v) is 4.01. The number of aliphatic carboxylic acids is 1. The van der Waals surface area contributed by atoms with E-state index in [9.17, 15) is 31.9 Å². The van der Waals surface area contributed by atoms with Crippen LogP contribution in [0.3, 0.4) is 0 Å². The van der Waals surface area contributed by atoms with Crippen LogP contribution in [0.2, 0.25) is 0 Å². The Morgan fingerprint density at radius 1 is 1.19 bits per heavy atom. The molecule has 0 radical (unpaired) electrons. The van der Waals surface area contributed by atoms with Gasteiger partial charge in [-0.25, -0.2) is 13.9 Å². The lowest BCUT2D eigenvalue weighted by atomic mass is 10.1. The van der Waals surface area contributed by atoms with E-state index < -0.39 is 35.7 Å². The highest BCUT2D eigenvalue weighted by molar-refractivity contribution is 6.39. The zero-order valence-electron chi connectivity index (χ0n) is 23.2. The van der Waals surface area contributed by atoms with Crippen molar-refractivity contribution in [3.8, 4) is 0 Å². The van der Waals surface area contributed by atoms with E-state index in [0.717, 1.165) is 25.6 Å². The van der Waals surface area contributed by atoms with Crippen LogP contribution in [0.4, 0.5) is 23.2 Å². The van der Waals surface area contributed by atoms with Gasteiger partial charge in [0.05, 0.1) is 23.5 Å². The molecular formula is C25H34F4N8O5. The molecule has 1 fully saturated rings. The van der Waals surface area contributed by atoms with Gasteiger partial charge in [-0.2, -0.15) is 13.2 Å². The number of hydrogen-bond acceptors (Lipinski definition) is 8. The number of carboxylic acid groups (broad SMARTS) is 1. The maximum atomic E-state index is 14.6. The number of nitrogens with one attached hydrogen (secondary N) is 2. The summed E-state index contributed by atoms with van der Waals surface area (Å²) in [5.41, 5.74) is 6.19. The van der Waals surface area contributed by atoms with Gasteiger partial charge in [0.25, 0.3) is 5.91 Å². The number of likely N-dealkylation sites (N-methyl/N-ethyl adjacent to an activating group) is 1. The van der Waals surface area contributed by atoms with Gasteiger partial charge in [-0.1, -0.05) is 19.1 Å². The fourth-order valence-electron chi connectivity index (χ4n) is 4.01. The molecular weight excluding hydrogens is 568 g/mol. The molecule has 1 unspecified atom stereocenters. The zero-order valence-corrected chi connectivity index (χ0v) is 23.2. The van der Waals surface area contributed by atoms with Crippen LogP contribution < -0.4 is 16.4 Å². The lowest BCUT2D eigenvalue weighted by molar-refractivity contribution is -0.192. The Balaban J connectivity index is 0.000000782. The molecule has 0 aliphatic carbocycles. The number of alkyl halides is 3. The molecule has 42 heavy (non-hydrogen) atoms. The van der Waals surface area contributed by atoms with E-state index in [1.54, 1.807) is 10.9 Å². The zero-order chi connectivity index (χ0) is 31.4. The number of carbonyl (C=O) groups excluding carboxylic acids is 3. The normalized spacial score (nSPS) is 15.0. The van der Waals surface area contributed by atoms with Crippen molar-refractivity contribution in [3.05, 3.63) is 41.5 Å². The van der Waals surface area contributed by atoms with Gasteiger partial charge < -0.3 is 31.3 Å². The van der Waals surface area contributed by atoms with E-state index in [-0.39, 0.29) is 23.8 Å². The number of hydrogen-bond donors (Lipinski definition) is 4. The van der Waals surface area contributed by atoms with Crippen LogP contribution in [0.25, 0.3) is 0 Å². The van der Waals surface area contributed by atoms with Crippen LogP contribution in [-0.2, 0) is 20.9 Å². The Morgan fingerprint density at radius 2 is 1.86 bits per heavy atom. The molecule has 2 heterocycles. The van der Waals surface area contributed by atoms with E-state index >= 15 is 0 Å². The van der Waals surface area contributed by atoms with Gasteiger partial charge in [0.2, 0.25) is 0 Å². The number of halogens is 4. The Bertz CT molecular complexity index is 1240. The highest BCUT2D eigenvalue weighted by Crippen LogP contribution is 2.21. The van der Waals surface area contributed by atoms with Gasteiger partial charge in [-0.15, -0.1) is 5.10 Å². The second kappa shape index (κ2) is 15.8. The third-order valence-corrected chi connectivity index (χ3v) is 6.34. The minimum Gasteiger partial charge on any atom is -0.475 e. The summed E-state index contributed by atoms with van der Waals surface area (Å²) in [6.45, 7) is 7.85. The molecule has 0 spiro atoms.